The van der Waals surface area contributed by atoms with E-state index in [1.807, 2.05) is 0 Å². The smallest absolute Gasteiger partial charge is 0.0739 e. The molecule has 8 aliphatic rings. The van der Waals surface area contributed by atoms with Gasteiger partial charge in [-0.15, -0.1) is 0 Å². The van der Waals surface area contributed by atoms with Gasteiger partial charge in [0.05, 0.1) is 23.7 Å². The lowest BCUT2D eigenvalue weighted by Crippen LogP contribution is -2.67. The van der Waals surface area contributed by atoms with Crippen LogP contribution in [0.3, 0.4) is 0 Å². The van der Waals surface area contributed by atoms with E-state index >= 15 is 0 Å². The molecule has 1 spiro atoms. The Balaban J connectivity index is 0.920. The van der Waals surface area contributed by atoms with Crippen molar-refractivity contribution in [2.24, 2.45) is 29.1 Å². The molecule has 6 aromatic carbocycles. The van der Waals surface area contributed by atoms with E-state index < -0.39 is 0 Å². The number of fused-ring (bicyclic) bond motifs is 2. The third-order valence-corrected chi connectivity index (χ3v) is 20.1. The summed E-state index contributed by atoms with van der Waals surface area (Å²) in [5.41, 5.74) is 24.2. The van der Waals surface area contributed by atoms with Gasteiger partial charge in [0.25, 0.3) is 0 Å². The fraction of sp³-hybridized carbons (Fsp3) is 0.306. The fourth-order valence-electron chi connectivity index (χ4n) is 16.4. The Labute approximate surface area is 446 Å². The van der Waals surface area contributed by atoms with Crippen LogP contribution in [0.2, 0.25) is 0 Å². The first-order valence-electron chi connectivity index (χ1n) is 28.0. The van der Waals surface area contributed by atoms with Crippen LogP contribution in [-0.2, 0) is 10.8 Å². The van der Waals surface area contributed by atoms with Crippen molar-refractivity contribution >= 4 is 34.0 Å². The number of benzene rings is 6. The largest absolute Gasteiger partial charge is 0.353 e. The number of hydrogen-bond donors (Lipinski definition) is 0. The summed E-state index contributed by atoms with van der Waals surface area (Å²) in [7, 11) is 0. The molecular weight excluding hydrogens is 907 g/mol. The number of para-hydroxylation sites is 3. The normalized spacial score (nSPS) is 27.9. The maximum Gasteiger partial charge on any atom is 0.0739 e. The van der Waals surface area contributed by atoms with E-state index in [1.54, 1.807) is 11.1 Å². The summed E-state index contributed by atoms with van der Waals surface area (Å²) in [4.78, 5) is 8.24. The maximum atomic E-state index is 3.05. The van der Waals surface area contributed by atoms with E-state index in [1.165, 1.54) is 89.7 Å². The van der Waals surface area contributed by atoms with Crippen LogP contribution in [0.15, 0.2) is 211 Å². The number of hydrogen-bond acceptors (Lipinski definition) is 3. The predicted octanol–water partition coefficient (Wildman–Crippen LogP) is 17.7. The topological polar surface area (TPSA) is 9.72 Å². The molecule has 1 saturated carbocycles. The molecule has 0 radical (unpaired) electrons. The van der Waals surface area contributed by atoms with Crippen molar-refractivity contribution in [2.75, 3.05) is 14.7 Å². The zero-order valence-electron chi connectivity index (χ0n) is 45.6. The van der Waals surface area contributed by atoms with Gasteiger partial charge in [-0.25, -0.2) is 0 Å². The van der Waals surface area contributed by atoms with Crippen LogP contribution in [0.5, 0.6) is 0 Å². The van der Waals surface area contributed by atoms with Gasteiger partial charge in [0, 0.05) is 57.0 Å². The molecule has 3 aliphatic heterocycles. The molecule has 1 saturated heterocycles. The molecule has 5 aliphatic carbocycles. The minimum absolute atomic E-state index is 0.0783. The first-order chi connectivity index (χ1) is 36.1. The Morgan fingerprint density at radius 2 is 1.19 bits per heavy atom. The average Bonchev–Trinajstić information content (AvgIpc) is 4.32. The molecule has 8 unspecified atom stereocenters. The fourth-order valence-corrected chi connectivity index (χ4v) is 16.4. The summed E-state index contributed by atoms with van der Waals surface area (Å²) < 4.78 is 0. The molecule has 3 heteroatoms. The number of anilines is 5. The van der Waals surface area contributed by atoms with Crippen molar-refractivity contribution in [3.8, 4) is 11.1 Å². The highest BCUT2D eigenvalue weighted by molar-refractivity contribution is 5.92. The molecule has 374 valence electrons. The number of aryl methyl sites for hydroxylation is 3. The first-order valence-corrected chi connectivity index (χ1v) is 28.0. The zero-order chi connectivity index (χ0) is 51.5. The van der Waals surface area contributed by atoms with E-state index in [-0.39, 0.29) is 33.9 Å². The van der Waals surface area contributed by atoms with E-state index in [9.17, 15) is 0 Å². The molecule has 75 heavy (non-hydrogen) atoms. The number of piperidine rings is 1. The van der Waals surface area contributed by atoms with Gasteiger partial charge in [-0.1, -0.05) is 200 Å². The standard InChI is InChI=1S/C72H71N3/c1-44-22-11-17-30-60(44)73(61-31-18-12-23-45(61)2)51-36-34-48(35-37-51)49-40-57-67-58(41-49)70(7,8)65-43-50(42-59-68-71(9,10)56-29-21-28-55(69(57,5)6)66(56)75(67)72(59,65)68)52-38-39-64(54-27-16-15-26-53(52)54)74(62-32-19-13-24-46(62)3)63-33-20-14-25-47(63)4/h11-38,40-44,56,59-60,64,66,68H,39H2,1-10H3. The summed E-state index contributed by atoms with van der Waals surface area (Å²) >= 11 is 0. The highest BCUT2D eigenvalue weighted by atomic mass is 15.3. The van der Waals surface area contributed by atoms with Gasteiger partial charge in [-0.3, -0.25) is 0 Å². The van der Waals surface area contributed by atoms with Gasteiger partial charge >= 0.3 is 0 Å². The molecule has 6 aromatic rings. The minimum atomic E-state index is -0.240. The SMILES string of the molecule is Cc1ccccc1N(c1ccccc1C)C1CC=C(C2=CC3C4C(C)(C)C5C=CC=C6C5N5c7c(cc(-c8ccc(N(c9ccccc9C)C9C=CC=CC9C)cc8)cc7C(C)(C)C(=C2)C345)C6(C)C)c2ccccc21. The van der Waals surface area contributed by atoms with Crippen molar-refractivity contribution in [3.05, 3.63) is 250 Å². The predicted molar refractivity (Wildman–Crippen MR) is 315 cm³/mol. The van der Waals surface area contributed by atoms with Gasteiger partial charge in [0.15, 0.2) is 0 Å². The minimum Gasteiger partial charge on any atom is -0.353 e. The molecule has 0 aromatic heterocycles. The van der Waals surface area contributed by atoms with Crippen LogP contribution < -0.4 is 14.7 Å². The first kappa shape index (κ1) is 46.4. The number of allylic oxidation sites excluding steroid dienone is 7. The molecule has 2 fully saturated rings. The Kier molecular flexibility index (Phi) is 10.0. The Hall–Kier alpha value is -7.10. The second-order valence-electron chi connectivity index (χ2n) is 25.1. The monoisotopic (exact) mass is 978 g/mol. The molecular formula is C72H71N3. The molecule has 14 rings (SSSR count). The lowest BCUT2D eigenvalue weighted by molar-refractivity contribution is 0.126. The van der Waals surface area contributed by atoms with E-state index in [4.69, 9.17) is 0 Å². The third kappa shape index (κ3) is 6.34. The van der Waals surface area contributed by atoms with Crippen LogP contribution in [0, 0.1) is 49.9 Å². The van der Waals surface area contributed by atoms with Crippen LogP contribution >= 0.6 is 0 Å². The second kappa shape index (κ2) is 16.2. The molecule has 0 amide bonds. The van der Waals surface area contributed by atoms with Crippen molar-refractivity contribution in [2.45, 2.75) is 110 Å². The van der Waals surface area contributed by atoms with Crippen molar-refractivity contribution in [1.29, 1.82) is 0 Å². The van der Waals surface area contributed by atoms with Crippen molar-refractivity contribution in [1.82, 2.24) is 0 Å². The van der Waals surface area contributed by atoms with Gasteiger partial charge in [0.2, 0.25) is 0 Å². The Bertz CT molecular complexity index is 3570. The van der Waals surface area contributed by atoms with Gasteiger partial charge in [-0.2, -0.15) is 0 Å². The van der Waals surface area contributed by atoms with E-state index in [0.717, 1.165) is 6.42 Å². The van der Waals surface area contributed by atoms with Gasteiger partial charge in [-0.05, 0) is 153 Å². The summed E-state index contributed by atoms with van der Waals surface area (Å²) in [6.07, 6.45) is 25.6. The van der Waals surface area contributed by atoms with E-state index in [2.05, 4.69) is 278 Å². The van der Waals surface area contributed by atoms with Crippen LogP contribution in [0.25, 0.3) is 16.7 Å². The Morgan fingerprint density at radius 3 is 1.84 bits per heavy atom. The summed E-state index contributed by atoms with van der Waals surface area (Å²) in [5.74, 6) is 1.65. The second-order valence-corrected chi connectivity index (χ2v) is 25.1. The Morgan fingerprint density at radius 1 is 0.587 bits per heavy atom. The highest BCUT2D eigenvalue weighted by Crippen LogP contribution is 2.81. The molecule has 3 nitrogen and oxygen atoms in total. The third-order valence-electron chi connectivity index (χ3n) is 20.1. The van der Waals surface area contributed by atoms with E-state index in [0.29, 0.717) is 29.7 Å². The summed E-state index contributed by atoms with van der Waals surface area (Å²) in [5, 5.41) is 0. The molecule has 0 bridgehead atoms. The molecule has 8 atom stereocenters. The summed E-state index contributed by atoms with van der Waals surface area (Å²) in [6, 6.07) is 51.5. The maximum absolute atomic E-state index is 3.05. The van der Waals surface area contributed by atoms with Gasteiger partial charge in [0.1, 0.15) is 0 Å². The number of nitrogens with zero attached hydrogens (tertiary/aromatic N) is 3. The quantitative estimate of drug-likeness (QED) is 0.150. The molecule has 0 N–H and O–H groups in total. The van der Waals surface area contributed by atoms with Crippen LogP contribution in [0.4, 0.5) is 28.4 Å². The van der Waals surface area contributed by atoms with Crippen molar-refractivity contribution < 1.29 is 0 Å². The highest BCUT2D eigenvalue weighted by Gasteiger charge is 2.82. The van der Waals surface area contributed by atoms with Gasteiger partial charge < -0.3 is 14.7 Å². The van der Waals surface area contributed by atoms with Crippen LogP contribution in [-0.4, -0.2) is 17.6 Å². The summed E-state index contributed by atoms with van der Waals surface area (Å²) in [6.45, 7) is 24.6. The lowest BCUT2D eigenvalue weighted by Gasteiger charge is -2.65. The zero-order valence-corrected chi connectivity index (χ0v) is 45.6. The van der Waals surface area contributed by atoms with Crippen LogP contribution in [0.1, 0.15) is 99.9 Å². The number of rotatable bonds is 8. The average molecular weight is 978 g/mol. The lowest BCUT2D eigenvalue weighted by atomic mass is 9.53. The molecule has 3 heterocycles. The van der Waals surface area contributed by atoms with Crippen molar-refractivity contribution in [3.63, 3.8) is 0 Å².